The summed E-state index contributed by atoms with van der Waals surface area (Å²) in [6.07, 6.45) is 9.54. The van der Waals surface area contributed by atoms with Gasteiger partial charge in [-0.05, 0) is 51.9 Å². The van der Waals surface area contributed by atoms with E-state index in [-0.39, 0.29) is 0 Å². The number of rotatable bonds is 8. The number of unbranched alkanes of at least 4 members (excludes halogenated alkanes) is 4. The summed E-state index contributed by atoms with van der Waals surface area (Å²) in [5.74, 6) is 0. The van der Waals surface area contributed by atoms with Gasteiger partial charge < -0.3 is 22.9 Å². The summed E-state index contributed by atoms with van der Waals surface area (Å²) in [5, 5.41) is 0. The molecule has 160 valence electrons. The molecule has 0 aromatic heterocycles. The summed E-state index contributed by atoms with van der Waals surface area (Å²) < 4.78 is 31.6. The van der Waals surface area contributed by atoms with Crippen LogP contribution in [0.25, 0.3) is 0 Å². The summed E-state index contributed by atoms with van der Waals surface area (Å²) in [5.41, 5.74) is 20.6. The molecule has 0 spiro atoms. The Kier molecular flexibility index (Phi) is 55.8. The molecule has 0 heterocycles. The largest absolute Gasteiger partial charge is 0.394 e. The van der Waals surface area contributed by atoms with Crippen LogP contribution in [0.1, 0.15) is 79.1 Å². The van der Waals surface area contributed by atoms with Crippen LogP contribution in [0.15, 0.2) is 0 Å². The van der Waals surface area contributed by atoms with E-state index in [1.807, 2.05) is 0 Å². The third-order valence-corrected chi connectivity index (χ3v) is 2.23. The SMILES string of the molecule is CCCCN.CCCCN.CCCCN.CCCCN.O=S(=O)(O)O. The van der Waals surface area contributed by atoms with Crippen molar-refractivity contribution >= 4 is 10.4 Å². The van der Waals surface area contributed by atoms with Gasteiger partial charge >= 0.3 is 10.4 Å². The van der Waals surface area contributed by atoms with Crippen molar-refractivity contribution in [1.29, 1.82) is 0 Å². The molecular weight excluding hydrogens is 344 g/mol. The summed E-state index contributed by atoms with van der Waals surface area (Å²) in [6, 6.07) is 0. The first-order chi connectivity index (χ1) is 11.7. The van der Waals surface area contributed by atoms with Gasteiger partial charge in [0.25, 0.3) is 0 Å². The normalized spacial score (nSPS) is 9.04. The third kappa shape index (κ3) is 188. The molecular formula is C16H46N4O4S. The van der Waals surface area contributed by atoms with Gasteiger partial charge in [-0.25, -0.2) is 0 Å². The molecule has 0 aliphatic carbocycles. The van der Waals surface area contributed by atoms with E-state index in [2.05, 4.69) is 27.7 Å². The smallest absolute Gasteiger partial charge is 0.330 e. The second-order valence-corrected chi connectivity index (χ2v) is 5.91. The molecule has 0 aliphatic heterocycles. The van der Waals surface area contributed by atoms with E-state index >= 15 is 0 Å². The maximum Gasteiger partial charge on any atom is 0.394 e. The monoisotopic (exact) mass is 390 g/mol. The fraction of sp³-hybridized carbons (Fsp3) is 1.00. The van der Waals surface area contributed by atoms with Crippen molar-refractivity contribution in [2.45, 2.75) is 79.1 Å². The average molecular weight is 391 g/mol. The van der Waals surface area contributed by atoms with Gasteiger partial charge in [0.1, 0.15) is 0 Å². The fourth-order valence-electron chi connectivity index (χ4n) is 0.816. The minimum Gasteiger partial charge on any atom is -0.330 e. The lowest BCUT2D eigenvalue weighted by Crippen LogP contribution is -1.95. The van der Waals surface area contributed by atoms with Crippen LogP contribution in [0.2, 0.25) is 0 Å². The van der Waals surface area contributed by atoms with Crippen LogP contribution in [-0.4, -0.2) is 43.7 Å². The van der Waals surface area contributed by atoms with Gasteiger partial charge in [0.2, 0.25) is 0 Å². The topological polar surface area (TPSA) is 179 Å². The molecule has 0 aromatic carbocycles. The number of hydrogen-bond acceptors (Lipinski definition) is 6. The lowest BCUT2D eigenvalue weighted by Gasteiger charge is -1.80. The van der Waals surface area contributed by atoms with E-state index in [1.54, 1.807) is 0 Å². The molecule has 0 fully saturated rings. The second-order valence-electron chi connectivity index (χ2n) is 5.02. The lowest BCUT2D eigenvalue weighted by atomic mass is 10.3. The van der Waals surface area contributed by atoms with Gasteiger partial charge in [0.05, 0.1) is 0 Å². The van der Waals surface area contributed by atoms with E-state index in [0.717, 1.165) is 26.2 Å². The first-order valence-corrected chi connectivity index (χ1v) is 10.6. The molecule has 25 heavy (non-hydrogen) atoms. The van der Waals surface area contributed by atoms with Crippen molar-refractivity contribution in [2.75, 3.05) is 26.2 Å². The molecule has 0 aliphatic rings. The molecule has 8 nitrogen and oxygen atoms in total. The third-order valence-electron chi connectivity index (χ3n) is 2.23. The minimum absolute atomic E-state index is 0.844. The summed E-state index contributed by atoms with van der Waals surface area (Å²) in [7, 11) is -4.67. The zero-order chi connectivity index (χ0) is 21.0. The fourth-order valence-corrected chi connectivity index (χ4v) is 0.816. The number of nitrogens with two attached hydrogens (primary N) is 4. The lowest BCUT2D eigenvalue weighted by molar-refractivity contribution is 0.381. The van der Waals surface area contributed by atoms with Gasteiger partial charge in [-0.2, -0.15) is 8.42 Å². The van der Waals surface area contributed by atoms with Crippen LogP contribution in [0.4, 0.5) is 0 Å². The van der Waals surface area contributed by atoms with Crippen molar-refractivity contribution in [2.24, 2.45) is 22.9 Å². The van der Waals surface area contributed by atoms with E-state index in [0.29, 0.717) is 0 Å². The first-order valence-electron chi connectivity index (χ1n) is 9.16. The Morgan fingerprint density at radius 3 is 0.680 bits per heavy atom. The highest BCUT2D eigenvalue weighted by molar-refractivity contribution is 7.79. The van der Waals surface area contributed by atoms with E-state index in [1.165, 1.54) is 51.4 Å². The summed E-state index contributed by atoms with van der Waals surface area (Å²) in [6.45, 7) is 11.9. The molecule has 0 saturated carbocycles. The summed E-state index contributed by atoms with van der Waals surface area (Å²) in [4.78, 5) is 0. The highest BCUT2D eigenvalue weighted by Gasteiger charge is 1.84. The highest BCUT2D eigenvalue weighted by Crippen LogP contribution is 1.78. The maximum absolute atomic E-state index is 8.74. The Balaban J connectivity index is -0.0000000667. The van der Waals surface area contributed by atoms with Crippen LogP contribution in [0, 0.1) is 0 Å². The molecule has 0 saturated heterocycles. The average Bonchev–Trinajstić information content (AvgIpc) is 2.51. The van der Waals surface area contributed by atoms with E-state index in [4.69, 9.17) is 40.5 Å². The van der Waals surface area contributed by atoms with Crippen LogP contribution >= 0.6 is 0 Å². The van der Waals surface area contributed by atoms with Crippen LogP contribution in [-0.2, 0) is 10.4 Å². The van der Waals surface area contributed by atoms with Crippen molar-refractivity contribution in [3.8, 4) is 0 Å². The van der Waals surface area contributed by atoms with Gasteiger partial charge in [-0.3, -0.25) is 9.11 Å². The predicted molar refractivity (Wildman–Crippen MR) is 110 cm³/mol. The Morgan fingerprint density at radius 1 is 0.560 bits per heavy atom. The van der Waals surface area contributed by atoms with E-state index in [9.17, 15) is 0 Å². The van der Waals surface area contributed by atoms with Crippen LogP contribution < -0.4 is 22.9 Å². The van der Waals surface area contributed by atoms with Gasteiger partial charge in [0.15, 0.2) is 0 Å². The zero-order valence-corrected chi connectivity index (χ0v) is 17.7. The molecule has 0 rings (SSSR count). The molecule has 0 atom stereocenters. The van der Waals surface area contributed by atoms with Crippen molar-refractivity contribution in [3.05, 3.63) is 0 Å². The number of hydrogen-bond donors (Lipinski definition) is 6. The van der Waals surface area contributed by atoms with Crippen molar-refractivity contribution in [1.82, 2.24) is 0 Å². The zero-order valence-electron chi connectivity index (χ0n) is 16.9. The van der Waals surface area contributed by atoms with Crippen molar-refractivity contribution < 1.29 is 17.5 Å². The first kappa shape index (κ1) is 35.8. The summed E-state index contributed by atoms with van der Waals surface area (Å²) >= 11 is 0. The van der Waals surface area contributed by atoms with E-state index < -0.39 is 10.4 Å². The molecule has 0 aromatic rings. The van der Waals surface area contributed by atoms with Gasteiger partial charge in [0, 0.05) is 0 Å². The van der Waals surface area contributed by atoms with Gasteiger partial charge in [-0.1, -0.05) is 53.4 Å². The maximum atomic E-state index is 8.74. The Bertz CT molecular complexity index is 227. The van der Waals surface area contributed by atoms with Crippen LogP contribution in [0.5, 0.6) is 0 Å². The predicted octanol–water partition coefficient (Wildman–Crippen LogP) is 2.33. The Labute approximate surface area is 156 Å². The second kappa shape index (κ2) is 39.0. The molecule has 0 radical (unpaired) electrons. The molecule has 0 bridgehead atoms. The molecule has 9 heteroatoms. The standard InChI is InChI=1S/4C4H11N.H2O4S/c4*1-2-3-4-5;1-5(2,3)4/h4*2-5H2,1H3;(H2,1,2,3,4). The Morgan fingerprint density at radius 2 is 0.680 bits per heavy atom. The highest BCUT2D eigenvalue weighted by atomic mass is 32.3. The Hall–Kier alpha value is -0.290. The molecule has 0 unspecified atom stereocenters. The molecule has 0 amide bonds. The molecule has 10 N–H and O–H groups in total. The minimum atomic E-state index is -4.67. The quantitative estimate of drug-likeness (QED) is 0.341. The van der Waals surface area contributed by atoms with Gasteiger partial charge in [-0.15, -0.1) is 0 Å². The van der Waals surface area contributed by atoms with Crippen molar-refractivity contribution in [3.63, 3.8) is 0 Å². The van der Waals surface area contributed by atoms with Crippen LogP contribution in [0.3, 0.4) is 0 Å².